The molecule has 0 aliphatic rings. The van der Waals surface area contributed by atoms with Crippen LogP contribution < -0.4 is 10.1 Å². The number of hydrogen-bond acceptors (Lipinski definition) is 8. The molecule has 0 saturated heterocycles. The Morgan fingerprint density at radius 2 is 2.00 bits per heavy atom. The quantitative estimate of drug-likeness (QED) is 0.311. The van der Waals surface area contributed by atoms with E-state index in [4.69, 9.17) is 4.74 Å². The second-order valence-electron chi connectivity index (χ2n) is 6.14. The minimum absolute atomic E-state index is 0.0354. The van der Waals surface area contributed by atoms with Gasteiger partial charge in [0, 0.05) is 37.6 Å². The Labute approximate surface area is 176 Å². The van der Waals surface area contributed by atoms with E-state index in [2.05, 4.69) is 20.6 Å². The van der Waals surface area contributed by atoms with Crippen LogP contribution in [0.5, 0.6) is 5.88 Å². The number of carbonyl (C=O) groups is 1. The SMILES string of the molecule is CCOc1nn(CC)cc1-c1nnc(SCC(=O)Nc2ccc([N+](=O)[O-])cc2)n1C. The van der Waals surface area contributed by atoms with Gasteiger partial charge in [-0.15, -0.1) is 15.3 Å². The summed E-state index contributed by atoms with van der Waals surface area (Å²) in [5.41, 5.74) is 1.18. The van der Waals surface area contributed by atoms with Gasteiger partial charge in [0.25, 0.3) is 5.69 Å². The number of rotatable bonds is 9. The van der Waals surface area contributed by atoms with Crippen LogP contribution in [-0.2, 0) is 18.4 Å². The molecule has 158 valence electrons. The number of thioether (sulfide) groups is 1. The largest absolute Gasteiger partial charge is 0.476 e. The highest BCUT2D eigenvalue weighted by atomic mass is 32.2. The van der Waals surface area contributed by atoms with Crippen molar-refractivity contribution in [3.8, 4) is 17.3 Å². The summed E-state index contributed by atoms with van der Waals surface area (Å²) in [6, 6.07) is 5.65. The molecule has 0 bridgehead atoms. The number of nitro benzene ring substituents is 1. The van der Waals surface area contributed by atoms with Crippen LogP contribution in [0.2, 0.25) is 0 Å². The lowest BCUT2D eigenvalue weighted by Gasteiger charge is -2.06. The molecule has 12 heteroatoms. The zero-order valence-electron chi connectivity index (χ0n) is 16.7. The molecule has 0 fully saturated rings. The molecule has 0 aliphatic heterocycles. The highest BCUT2D eigenvalue weighted by molar-refractivity contribution is 7.99. The van der Waals surface area contributed by atoms with Crippen LogP contribution in [-0.4, -0.2) is 47.7 Å². The number of non-ortho nitro benzene ring substituents is 1. The number of aromatic nitrogens is 5. The Morgan fingerprint density at radius 3 is 2.63 bits per heavy atom. The molecule has 0 aliphatic carbocycles. The Bertz CT molecular complexity index is 1050. The summed E-state index contributed by atoms with van der Waals surface area (Å²) >= 11 is 1.23. The van der Waals surface area contributed by atoms with Crippen molar-refractivity contribution in [1.29, 1.82) is 0 Å². The molecular formula is C18H21N7O4S. The number of ether oxygens (including phenoxy) is 1. The molecule has 2 aromatic heterocycles. The molecule has 1 amide bonds. The summed E-state index contributed by atoms with van der Waals surface area (Å²) in [4.78, 5) is 22.4. The van der Waals surface area contributed by atoms with Gasteiger partial charge in [-0.05, 0) is 26.0 Å². The van der Waals surface area contributed by atoms with E-state index in [1.807, 2.05) is 27.1 Å². The van der Waals surface area contributed by atoms with Crippen LogP contribution >= 0.6 is 11.8 Å². The summed E-state index contributed by atoms with van der Waals surface area (Å²) < 4.78 is 9.14. The van der Waals surface area contributed by atoms with Gasteiger partial charge in [-0.2, -0.15) is 0 Å². The van der Waals surface area contributed by atoms with Crippen LogP contribution in [0.3, 0.4) is 0 Å². The smallest absolute Gasteiger partial charge is 0.269 e. The summed E-state index contributed by atoms with van der Waals surface area (Å²) in [5.74, 6) is 0.932. The summed E-state index contributed by atoms with van der Waals surface area (Å²) in [5, 5.41) is 26.7. The second kappa shape index (κ2) is 9.39. The van der Waals surface area contributed by atoms with Gasteiger partial charge in [0.05, 0.1) is 17.3 Å². The molecule has 3 rings (SSSR count). The van der Waals surface area contributed by atoms with E-state index in [0.717, 1.165) is 5.56 Å². The predicted octanol–water partition coefficient (Wildman–Crippen LogP) is 2.74. The average molecular weight is 431 g/mol. The molecule has 0 atom stereocenters. The molecule has 2 heterocycles. The number of carbonyl (C=O) groups excluding carboxylic acids is 1. The molecule has 1 N–H and O–H groups in total. The molecule has 0 saturated carbocycles. The maximum atomic E-state index is 12.2. The van der Waals surface area contributed by atoms with Gasteiger partial charge < -0.3 is 14.6 Å². The van der Waals surface area contributed by atoms with E-state index in [9.17, 15) is 14.9 Å². The van der Waals surface area contributed by atoms with Gasteiger partial charge in [-0.1, -0.05) is 11.8 Å². The van der Waals surface area contributed by atoms with E-state index in [1.165, 1.54) is 36.0 Å². The lowest BCUT2D eigenvalue weighted by atomic mass is 10.3. The first-order chi connectivity index (χ1) is 14.4. The van der Waals surface area contributed by atoms with Gasteiger partial charge >= 0.3 is 0 Å². The zero-order chi connectivity index (χ0) is 21.7. The van der Waals surface area contributed by atoms with Crippen molar-refractivity contribution in [1.82, 2.24) is 24.5 Å². The molecular weight excluding hydrogens is 410 g/mol. The fourth-order valence-electron chi connectivity index (χ4n) is 2.63. The first-order valence-electron chi connectivity index (χ1n) is 9.20. The first kappa shape index (κ1) is 21.3. The fraction of sp³-hybridized carbons (Fsp3) is 0.333. The highest BCUT2D eigenvalue weighted by Crippen LogP contribution is 2.29. The van der Waals surface area contributed by atoms with E-state index in [-0.39, 0.29) is 17.3 Å². The van der Waals surface area contributed by atoms with Gasteiger partial charge in [0.2, 0.25) is 11.8 Å². The van der Waals surface area contributed by atoms with E-state index in [1.54, 1.807) is 9.25 Å². The predicted molar refractivity (Wildman–Crippen MR) is 112 cm³/mol. The summed E-state index contributed by atoms with van der Waals surface area (Å²) in [6.45, 7) is 5.04. The average Bonchev–Trinajstić information content (AvgIpc) is 3.30. The standard InChI is InChI=1S/C18H21N7O4S/c1-4-24-10-14(17(22-24)29-5-2)16-20-21-18(23(16)3)30-11-15(26)19-12-6-8-13(9-7-12)25(27)28/h6-10H,4-5,11H2,1-3H3,(H,19,26). The van der Waals surface area contributed by atoms with Crippen LogP contribution in [0.4, 0.5) is 11.4 Å². The molecule has 0 radical (unpaired) electrons. The number of amides is 1. The third kappa shape index (κ3) is 4.76. The topological polar surface area (TPSA) is 130 Å². The van der Waals surface area contributed by atoms with Crippen LogP contribution in [0.15, 0.2) is 35.6 Å². The van der Waals surface area contributed by atoms with Gasteiger partial charge in [0.1, 0.15) is 5.56 Å². The third-order valence-electron chi connectivity index (χ3n) is 4.10. The maximum absolute atomic E-state index is 12.2. The van der Waals surface area contributed by atoms with Crippen LogP contribution in [0, 0.1) is 10.1 Å². The van der Waals surface area contributed by atoms with E-state index < -0.39 is 4.92 Å². The highest BCUT2D eigenvalue weighted by Gasteiger charge is 2.19. The van der Waals surface area contributed by atoms with Crippen molar-refractivity contribution < 1.29 is 14.5 Å². The van der Waals surface area contributed by atoms with Crippen molar-refractivity contribution in [3.05, 3.63) is 40.6 Å². The van der Waals surface area contributed by atoms with Crippen molar-refractivity contribution in [2.24, 2.45) is 7.05 Å². The van der Waals surface area contributed by atoms with Crippen molar-refractivity contribution in [2.45, 2.75) is 25.5 Å². The number of anilines is 1. The normalized spacial score (nSPS) is 10.8. The van der Waals surface area contributed by atoms with Crippen molar-refractivity contribution in [2.75, 3.05) is 17.7 Å². The number of nitrogens with zero attached hydrogens (tertiary/aromatic N) is 6. The van der Waals surface area contributed by atoms with Gasteiger partial charge in [-0.25, -0.2) is 0 Å². The maximum Gasteiger partial charge on any atom is 0.269 e. The van der Waals surface area contributed by atoms with Crippen molar-refractivity contribution >= 4 is 29.0 Å². The summed E-state index contributed by atoms with van der Waals surface area (Å²) in [7, 11) is 1.81. The molecule has 0 unspecified atom stereocenters. The fourth-order valence-corrected chi connectivity index (χ4v) is 3.34. The number of nitrogens with one attached hydrogen (secondary N) is 1. The minimum atomic E-state index is -0.492. The van der Waals surface area contributed by atoms with Crippen LogP contribution in [0.1, 0.15) is 13.8 Å². The van der Waals surface area contributed by atoms with E-state index in [0.29, 0.717) is 35.7 Å². The Morgan fingerprint density at radius 1 is 1.27 bits per heavy atom. The Hall–Kier alpha value is -3.41. The zero-order valence-corrected chi connectivity index (χ0v) is 17.5. The van der Waals surface area contributed by atoms with Crippen LogP contribution in [0.25, 0.3) is 11.4 Å². The first-order valence-corrected chi connectivity index (χ1v) is 10.2. The monoisotopic (exact) mass is 431 g/mol. The summed E-state index contributed by atoms with van der Waals surface area (Å²) in [6.07, 6.45) is 1.85. The lowest BCUT2D eigenvalue weighted by Crippen LogP contribution is -2.14. The molecule has 0 spiro atoms. The molecule has 1 aromatic carbocycles. The molecule has 3 aromatic rings. The van der Waals surface area contributed by atoms with E-state index >= 15 is 0 Å². The number of benzene rings is 1. The molecule has 30 heavy (non-hydrogen) atoms. The number of aryl methyl sites for hydroxylation is 1. The minimum Gasteiger partial charge on any atom is -0.476 e. The Balaban J connectivity index is 1.66. The molecule has 11 nitrogen and oxygen atoms in total. The second-order valence-corrected chi connectivity index (χ2v) is 7.09. The third-order valence-corrected chi connectivity index (χ3v) is 5.12. The lowest BCUT2D eigenvalue weighted by molar-refractivity contribution is -0.384. The Kier molecular flexibility index (Phi) is 6.67. The van der Waals surface area contributed by atoms with Crippen molar-refractivity contribution in [3.63, 3.8) is 0 Å². The van der Waals surface area contributed by atoms with Gasteiger partial charge in [0.15, 0.2) is 11.0 Å². The number of hydrogen-bond donors (Lipinski definition) is 1. The van der Waals surface area contributed by atoms with Gasteiger partial charge in [-0.3, -0.25) is 19.6 Å². The number of nitro groups is 1.